The molecule has 0 amide bonds. The number of imidazole rings is 1. The number of aromatic amines is 1. The zero-order valence-corrected chi connectivity index (χ0v) is 17.8. The Morgan fingerprint density at radius 2 is 2.13 bits per heavy atom. The first-order chi connectivity index (χ1) is 14.5. The number of ketones is 1. The number of carbonyl (C=O) groups excluding carboxylic acids is 1. The van der Waals surface area contributed by atoms with Crippen LogP contribution in [0.25, 0.3) is 0 Å². The molecule has 4 atom stereocenters. The van der Waals surface area contributed by atoms with Crippen molar-refractivity contribution in [3.8, 4) is 0 Å². The molecule has 30 heavy (non-hydrogen) atoms. The van der Waals surface area contributed by atoms with Crippen molar-refractivity contribution >= 4 is 11.8 Å². The maximum absolute atomic E-state index is 12.1. The largest absolute Gasteiger partial charge is 0.481 e. The summed E-state index contributed by atoms with van der Waals surface area (Å²) >= 11 is 0. The fraction of sp³-hybridized carbons (Fsp3) is 0.609. The third-order valence-corrected chi connectivity index (χ3v) is 5.12. The molecule has 0 saturated heterocycles. The lowest BCUT2D eigenvalue weighted by molar-refractivity contribution is -0.137. The summed E-state index contributed by atoms with van der Waals surface area (Å²) in [6.45, 7) is 2.11. The Labute approximate surface area is 178 Å². The van der Waals surface area contributed by atoms with Gasteiger partial charge in [-0.25, -0.2) is 4.98 Å². The molecule has 0 radical (unpaired) electrons. The lowest BCUT2D eigenvalue weighted by atomic mass is 9.90. The van der Waals surface area contributed by atoms with Crippen molar-refractivity contribution in [2.24, 2.45) is 11.8 Å². The Morgan fingerprint density at radius 1 is 1.33 bits per heavy atom. The van der Waals surface area contributed by atoms with Gasteiger partial charge in [0.25, 0.3) is 0 Å². The molecule has 1 heterocycles. The van der Waals surface area contributed by atoms with Crippen LogP contribution in [0.1, 0.15) is 64.7 Å². The SMILES string of the molecule is CCCCC[C@H](O)/C=C/[C@H]1[C@H](O)CC(=O)[C@@H]1C/C=C\CCCC(=O)O.c1c[nH]cn1. The zero-order chi connectivity index (χ0) is 22.2. The summed E-state index contributed by atoms with van der Waals surface area (Å²) in [5.41, 5.74) is 0. The first-order valence-corrected chi connectivity index (χ1v) is 10.8. The summed E-state index contributed by atoms with van der Waals surface area (Å²) in [6, 6.07) is 0. The molecule has 4 N–H and O–H groups in total. The number of allylic oxidation sites excluding steroid dienone is 2. The van der Waals surface area contributed by atoms with Gasteiger partial charge in [-0.2, -0.15) is 0 Å². The van der Waals surface area contributed by atoms with Crippen molar-refractivity contribution in [3.63, 3.8) is 0 Å². The number of unbranched alkanes of at least 4 members (excludes halogenated alkanes) is 3. The Hall–Kier alpha value is -2.25. The van der Waals surface area contributed by atoms with Gasteiger partial charge in [0.15, 0.2) is 0 Å². The predicted octanol–water partition coefficient (Wildman–Crippen LogP) is 3.66. The summed E-state index contributed by atoms with van der Waals surface area (Å²) in [5, 5.41) is 28.7. The number of aliphatic carboxylic acids is 1. The summed E-state index contributed by atoms with van der Waals surface area (Å²) in [5.74, 6) is -1.26. The van der Waals surface area contributed by atoms with E-state index in [1.54, 1.807) is 30.9 Å². The average Bonchev–Trinajstić information content (AvgIpc) is 3.36. The van der Waals surface area contributed by atoms with Crippen LogP contribution in [0.4, 0.5) is 0 Å². The van der Waals surface area contributed by atoms with E-state index in [1.807, 2.05) is 12.2 Å². The Balaban J connectivity index is 0.000000780. The molecular formula is C23H36N2O5. The highest BCUT2D eigenvalue weighted by atomic mass is 16.4. The van der Waals surface area contributed by atoms with E-state index >= 15 is 0 Å². The van der Waals surface area contributed by atoms with Crippen LogP contribution in [0, 0.1) is 11.8 Å². The molecule has 1 aliphatic carbocycles. The van der Waals surface area contributed by atoms with Crippen molar-refractivity contribution < 1.29 is 24.9 Å². The Morgan fingerprint density at radius 3 is 2.73 bits per heavy atom. The second-order valence-corrected chi connectivity index (χ2v) is 7.62. The normalized spacial score (nSPS) is 22.4. The van der Waals surface area contributed by atoms with Gasteiger partial charge >= 0.3 is 5.97 Å². The minimum atomic E-state index is -0.801. The zero-order valence-electron chi connectivity index (χ0n) is 17.8. The molecule has 1 aromatic heterocycles. The summed E-state index contributed by atoms with van der Waals surface area (Å²) in [7, 11) is 0. The maximum atomic E-state index is 12.1. The highest BCUT2D eigenvalue weighted by Gasteiger charge is 2.39. The van der Waals surface area contributed by atoms with Crippen LogP contribution >= 0.6 is 0 Å². The second kappa shape index (κ2) is 15.6. The maximum Gasteiger partial charge on any atom is 0.303 e. The minimum Gasteiger partial charge on any atom is -0.481 e. The number of rotatable bonds is 12. The van der Waals surface area contributed by atoms with E-state index in [0.29, 0.717) is 25.7 Å². The number of carbonyl (C=O) groups is 2. The van der Waals surface area contributed by atoms with E-state index in [9.17, 15) is 19.8 Å². The fourth-order valence-electron chi connectivity index (χ4n) is 3.43. The smallest absolute Gasteiger partial charge is 0.303 e. The van der Waals surface area contributed by atoms with Crippen LogP contribution in [0.2, 0.25) is 0 Å². The van der Waals surface area contributed by atoms with E-state index in [4.69, 9.17) is 5.11 Å². The second-order valence-electron chi connectivity index (χ2n) is 7.62. The van der Waals surface area contributed by atoms with Crippen molar-refractivity contribution in [2.75, 3.05) is 0 Å². The van der Waals surface area contributed by atoms with Crippen molar-refractivity contribution in [3.05, 3.63) is 43.0 Å². The van der Waals surface area contributed by atoms with Gasteiger partial charge in [0, 0.05) is 37.1 Å². The van der Waals surface area contributed by atoms with Crippen LogP contribution in [0.3, 0.4) is 0 Å². The van der Waals surface area contributed by atoms with Gasteiger partial charge in [0.05, 0.1) is 18.5 Å². The number of carboxylic acids is 1. The number of aliphatic hydroxyl groups is 2. The molecule has 1 saturated carbocycles. The third-order valence-electron chi connectivity index (χ3n) is 5.12. The van der Waals surface area contributed by atoms with Crippen LogP contribution in [0.15, 0.2) is 43.0 Å². The van der Waals surface area contributed by atoms with E-state index in [1.165, 1.54) is 0 Å². The quantitative estimate of drug-likeness (QED) is 0.302. The van der Waals surface area contributed by atoms with Gasteiger partial charge in [-0.15, -0.1) is 0 Å². The van der Waals surface area contributed by atoms with Gasteiger partial charge in [0.1, 0.15) is 5.78 Å². The molecule has 2 rings (SSSR count). The summed E-state index contributed by atoms with van der Waals surface area (Å²) in [6.07, 6.45) is 17.2. The van der Waals surface area contributed by atoms with E-state index in [0.717, 1.165) is 19.3 Å². The van der Waals surface area contributed by atoms with Gasteiger partial charge in [0.2, 0.25) is 0 Å². The minimum absolute atomic E-state index is 0.0535. The van der Waals surface area contributed by atoms with Gasteiger partial charge in [-0.1, -0.05) is 50.5 Å². The summed E-state index contributed by atoms with van der Waals surface area (Å²) in [4.78, 5) is 29.0. The molecule has 1 aliphatic rings. The van der Waals surface area contributed by atoms with E-state index in [-0.39, 0.29) is 30.5 Å². The number of nitrogens with one attached hydrogen (secondary N) is 1. The van der Waals surface area contributed by atoms with Crippen molar-refractivity contribution in [2.45, 2.75) is 76.9 Å². The Bertz CT molecular complexity index is 625. The van der Waals surface area contributed by atoms with Crippen LogP contribution < -0.4 is 0 Å². The molecule has 168 valence electrons. The third kappa shape index (κ3) is 11.1. The van der Waals surface area contributed by atoms with Crippen LogP contribution in [0.5, 0.6) is 0 Å². The highest BCUT2D eigenvalue weighted by molar-refractivity contribution is 5.84. The standard InChI is InChI=1S/C20H32O5.C3H4N2/c1-2-3-6-9-15(21)12-13-17-16(18(22)14-19(17)23)10-7-4-5-8-11-20(24)25;1-2-5-3-4-1/h4,7,12-13,15-17,19,21,23H,2-3,5-6,8-11,14H2,1H3,(H,24,25);1-3H,(H,4,5)/b7-4-,13-12+;/t15-,16+,17+,19+;/m0./s1. The monoisotopic (exact) mass is 420 g/mol. The molecule has 1 fully saturated rings. The fourth-order valence-corrected chi connectivity index (χ4v) is 3.43. The number of hydrogen-bond acceptors (Lipinski definition) is 5. The number of H-pyrrole nitrogens is 1. The van der Waals surface area contributed by atoms with Gasteiger partial charge in [-0.3, -0.25) is 9.59 Å². The van der Waals surface area contributed by atoms with E-state index in [2.05, 4.69) is 16.9 Å². The van der Waals surface area contributed by atoms with Gasteiger partial charge in [-0.05, 0) is 25.7 Å². The van der Waals surface area contributed by atoms with Crippen LogP contribution in [-0.2, 0) is 9.59 Å². The molecule has 7 heteroatoms. The molecule has 7 nitrogen and oxygen atoms in total. The number of hydrogen-bond donors (Lipinski definition) is 4. The lowest BCUT2D eigenvalue weighted by Gasteiger charge is -2.16. The predicted molar refractivity (Wildman–Crippen MR) is 116 cm³/mol. The van der Waals surface area contributed by atoms with E-state index < -0.39 is 18.2 Å². The first kappa shape index (κ1) is 25.8. The topological polar surface area (TPSA) is 124 Å². The summed E-state index contributed by atoms with van der Waals surface area (Å²) < 4.78 is 0. The highest BCUT2D eigenvalue weighted by Crippen LogP contribution is 2.33. The number of nitrogens with zero attached hydrogens (tertiary/aromatic N) is 1. The average molecular weight is 421 g/mol. The van der Waals surface area contributed by atoms with Crippen LogP contribution in [-0.4, -0.2) is 49.2 Å². The number of Topliss-reactive ketones (excluding diaryl/α,β-unsaturated/α-hetero) is 1. The number of aliphatic hydroxyl groups excluding tert-OH is 2. The molecule has 0 unspecified atom stereocenters. The molecule has 0 spiro atoms. The number of aromatic nitrogens is 2. The molecular weight excluding hydrogens is 384 g/mol. The lowest BCUT2D eigenvalue weighted by Crippen LogP contribution is -2.18. The van der Waals surface area contributed by atoms with Crippen molar-refractivity contribution in [1.82, 2.24) is 9.97 Å². The molecule has 1 aromatic rings. The van der Waals surface area contributed by atoms with Gasteiger partial charge < -0.3 is 20.3 Å². The molecule has 0 bridgehead atoms. The molecule has 0 aliphatic heterocycles. The number of carboxylic acid groups (broad SMARTS) is 1. The Kier molecular flexibility index (Phi) is 13.4. The van der Waals surface area contributed by atoms with Crippen molar-refractivity contribution in [1.29, 1.82) is 0 Å². The first-order valence-electron chi connectivity index (χ1n) is 10.8. The molecule has 0 aromatic carbocycles.